The molecule has 0 saturated carbocycles. The maximum atomic E-state index is 11.6. The average Bonchev–Trinajstić information content (AvgIpc) is 2.11. The molecule has 0 unspecified atom stereocenters. The van der Waals surface area contributed by atoms with Crippen molar-refractivity contribution in [1.82, 2.24) is 0 Å². The van der Waals surface area contributed by atoms with Crippen molar-refractivity contribution in [3.8, 4) is 0 Å². The maximum absolute atomic E-state index is 11.6. The lowest BCUT2D eigenvalue weighted by molar-refractivity contribution is -0.168. The third-order valence-corrected chi connectivity index (χ3v) is 1.61. The molecule has 0 rings (SSSR count). The first-order valence-electron chi connectivity index (χ1n) is 5.28. The van der Waals surface area contributed by atoms with Crippen molar-refractivity contribution in [3.05, 3.63) is 0 Å². The van der Waals surface area contributed by atoms with Crippen LogP contribution < -0.4 is 0 Å². The minimum Gasteiger partial charge on any atom is -0.462 e. The van der Waals surface area contributed by atoms with E-state index in [1.807, 2.05) is 0 Å². The lowest BCUT2D eigenvalue weighted by Gasteiger charge is -2.17. The van der Waals surface area contributed by atoms with Gasteiger partial charge in [0, 0.05) is 7.11 Å². The molecule has 0 aliphatic carbocycles. The van der Waals surface area contributed by atoms with Crippen LogP contribution in [0.5, 0.6) is 0 Å². The third-order valence-electron chi connectivity index (χ3n) is 1.61. The fourth-order valence-corrected chi connectivity index (χ4v) is 1.03. The van der Waals surface area contributed by atoms with Gasteiger partial charge in [-0.25, -0.2) is 0 Å². The van der Waals surface area contributed by atoms with E-state index < -0.39 is 17.9 Å². The molecule has 0 N–H and O–H groups in total. The zero-order chi connectivity index (χ0) is 12.7. The van der Waals surface area contributed by atoms with Crippen molar-refractivity contribution in [2.24, 2.45) is 5.92 Å². The molecule has 0 aromatic rings. The molecule has 0 heterocycles. The fraction of sp³-hybridized carbons (Fsp3) is 0.818. The molecule has 0 radical (unpaired) electrons. The lowest BCUT2D eigenvalue weighted by Crippen LogP contribution is -2.34. The second kappa shape index (κ2) is 7.22. The Morgan fingerprint density at radius 2 is 1.31 bits per heavy atom. The average molecular weight is 232 g/mol. The van der Waals surface area contributed by atoms with Gasteiger partial charge >= 0.3 is 11.9 Å². The summed E-state index contributed by atoms with van der Waals surface area (Å²) < 4.78 is 14.7. The number of hydrogen-bond acceptors (Lipinski definition) is 5. The SMILES string of the molecule is COCC(C(=O)OC(C)C)C(=O)OC(C)C. The number of hydrogen-bond donors (Lipinski definition) is 0. The quantitative estimate of drug-likeness (QED) is 0.508. The van der Waals surface area contributed by atoms with Crippen LogP contribution in [0.4, 0.5) is 0 Å². The van der Waals surface area contributed by atoms with Gasteiger partial charge in [0.15, 0.2) is 5.92 Å². The monoisotopic (exact) mass is 232 g/mol. The molecule has 0 saturated heterocycles. The summed E-state index contributed by atoms with van der Waals surface area (Å²) in [6, 6.07) is 0. The smallest absolute Gasteiger partial charge is 0.322 e. The standard InChI is InChI=1S/C11H20O5/c1-7(2)15-10(12)9(6-14-5)11(13)16-8(3)4/h7-9H,6H2,1-5H3. The van der Waals surface area contributed by atoms with E-state index in [0.717, 1.165) is 0 Å². The number of methoxy groups -OCH3 is 1. The number of carbonyl (C=O) groups is 2. The number of ether oxygens (including phenoxy) is 3. The highest BCUT2D eigenvalue weighted by molar-refractivity contribution is 5.95. The van der Waals surface area contributed by atoms with Gasteiger partial charge in [0.25, 0.3) is 0 Å². The largest absolute Gasteiger partial charge is 0.462 e. The van der Waals surface area contributed by atoms with Crippen LogP contribution in [0.2, 0.25) is 0 Å². The van der Waals surface area contributed by atoms with Gasteiger partial charge in [0.1, 0.15) is 0 Å². The Morgan fingerprint density at radius 1 is 0.938 bits per heavy atom. The van der Waals surface area contributed by atoms with Crippen molar-refractivity contribution in [3.63, 3.8) is 0 Å². The Bertz CT molecular complexity index is 213. The summed E-state index contributed by atoms with van der Waals surface area (Å²) in [5.74, 6) is -2.22. The van der Waals surface area contributed by atoms with Gasteiger partial charge in [-0.1, -0.05) is 0 Å². The first kappa shape index (κ1) is 14.9. The molecule has 5 heteroatoms. The normalized spacial score (nSPS) is 11.0. The zero-order valence-electron chi connectivity index (χ0n) is 10.5. The maximum Gasteiger partial charge on any atom is 0.322 e. The molecule has 0 amide bonds. The molecule has 16 heavy (non-hydrogen) atoms. The van der Waals surface area contributed by atoms with Crippen molar-refractivity contribution < 1.29 is 23.8 Å². The van der Waals surface area contributed by atoms with Crippen LogP contribution in [-0.2, 0) is 23.8 Å². The molecule has 94 valence electrons. The van der Waals surface area contributed by atoms with E-state index in [2.05, 4.69) is 0 Å². The summed E-state index contributed by atoms with van der Waals surface area (Å²) in [4.78, 5) is 23.1. The minimum absolute atomic E-state index is 0.0306. The molecule has 0 spiro atoms. The first-order valence-corrected chi connectivity index (χ1v) is 5.28. The fourth-order valence-electron chi connectivity index (χ4n) is 1.03. The molecule has 0 aliphatic heterocycles. The molecule has 0 aliphatic rings. The summed E-state index contributed by atoms with van der Waals surface area (Å²) in [6.07, 6.45) is -0.530. The third kappa shape index (κ3) is 5.70. The molecular formula is C11H20O5. The van der Waals surface area contributed by atoms with E-state index in [-0.39, 0.29) is 18.8 Å². The summed E-state index contributed by atoms with van der Waals surface area (Å²) in [5.41, 5.74) is 0. The summed E-state index contributed by atoms with van der Waals surface area (Å²) in [7, 11) is 1.41. The molecule has 0 aromatic heterocycles. The molecular weight excluding hydrogens is 212 g/mol. The predicted molar refractivity (Wildman–Crippen MR) is 57.8 cm³/mol. The molecule has 0 aromatic carbocycles. The lowest BCUT2D eigenvalue weighted by atomic mass is 10.1. The summed E-state index contributed by atoms with van der Waals surface area (Å²) in [6.45, 7) is 6.84. The Kier molecular flexibility index (Phi) is 6.72. The number of esters is 2. The van der Waals surface area contributed by atoms with Crippen LogP contribution in [0.1, 0.15) is 27.7 Å². The molecule has 0 bridgehead atoms. The van der Waals surface area contributed by atoms with Crippen LogP contribution in [0.3, 0.4) is 0 Å². The molecule has 0 fully saturated rings. The predicted octanol–water partition coefficient (Wildman–Crippen LogP) is 1.15. The van der Waals surface area contributed by atoms with Crippen LogP contribution >= 0.6 is 0 Å². The van der Waals surface area contributed by atoms with Gasteiger partial charge < -0.3 is 14.2 Å². The highest BCUT2D eigenvalue weighted by atomic mass is 16.6. The van der Waals surface area contributed by atoms with Crippen molar-refractivity contribution in [1.29, 1.82) is 0 Å². The van der Waals surface area contributed by atoms with E-state index in [1.165, 1.54) is 7.11 Å². The van der Waals surface area contributed by atoms with E-state index in [9.17, 15) is 9.59 Å². The Labute approximate surface area is 96.1 Å². The van der Waals surface area contributed by atoms with Gasteiger partial charge in [-0.2, -0.15) is 0 Å². The highest BCUT2D eigenvalue weighted by Crippen LogP contribution is 2.07. The second-order valence-corrected chi connectivity index (χ2v) is 3.98. The molecule has 5 nitrogen and oxygen atoms in total. The van der Waals surface area contributed by atoms with E-state index >= 15 is 0 Å². The Balaban J connectivity index is 4.46. The van der Waals surface area contributed by atoms with Crippen molar-refractivity contribution in [2.45, 2.75) is 39.9 Å². The van der Waals surface area contributed by atoms with Gasteiger partial charge in [-0.05, 0) is 27.7 Å². The number of rotatable bonds is 6. The highest BCUT2D eigenvalue weighted by Gasteiger charge is 2.30. The van der Waals surface area contributed by atoms with Gasteiger partial charge in [0.05, 0.1) is 18.8 Å². The van der Waals surface area contributed by atoms with Crippen LogP contribution in [0.25, 0.3) is 0 Å². The van der Waals surface area contributed by atoms with Crippen LogP contribution in [0.15, 0.2) is 0 Å². The van der Waals surface area contributed by atoms with Crippen LogP contribution in [0, 0.1) is 5.92 Å². The summed E-state index contributed by atoms with van der Waals surface area (Å²) >= 11 is 0. The van der Waals surface area contributed by atoms with E-state index in [1.54, 1.807) is 27.7 Å². The van der Waals surface area contributed by atoms with Crippen LogP contribution in [-0.4, -0.2) is 37.9 Å². The number of carbonyl (C=O) groups excluding carboxylic acids is 2. The Morgan fingerprint density at radius 3 is 1.56 bits per heavy atom. The molecule has 0 atom stereocenters. The van der Waals surface area contributed by atoms with Gasteiger partial charge in [-0.15, -0.1) is 0 Å². The van der Waals surface area contributed by atoms with E-state index in [4.69, 9.17) is 14.2 Å². The van der Waals surface area contributed by atoms with Crippen molar-refractivity contribution in [2.75, 3.05) is 13.7 Å². The topological polar surface area (TPSA) is 61.8 Å². The van der Waals surface area contributed by atoms with Gasteiger partial charge in [0.2, 0.25) is 0 Å². The minimum atomic E-state index is -1.00. The summed E-state index contributed by atoms with van der Waals surface area (Å²) in [5, 5.41) is 0. The van der Waals surface area contributed by atoms with Gasteiger partial charge in [-0.3, -0.25) is 9.59 Å². The zero-order valence-corrected chi connectivity index (χ0v) is 10.5. The Hall–Kier alpha value is -1.10. The first-order chi connectivity index (χ1) is 7.38. The van der Waals surface area contributed by atoms with E-state index in [0.29, 0.717) is 0 Å². The van der Waals surface area contributed by atoms with Crippen molar-refractivity contribution >= 4 is 11.9 Å². The second-order valence-electron chi connectivity index (χ2n) is 3.98.